The lowest BCUT2D eigenvalue weighted by Gasteiger charge is -2.20. The van der Waals surface area contributed by atoms with Crippen LogP contribution in [0.1, 0.15) is 17.5 Å². The van der Waals surface area contributed by atoms with Crippen molar-refractivity contribution in [3.8, 4) is 0 Å². The second-order valence-corrected chi connectivity index (χ2v) is 8.24. The molecule has 0 saturated heterocycles. The highest BCUT2D eigenvalue weighted by molar-refractivity contribution is 7.88. The Labute approximate surface area is 153 Å². The molecular formula is C18H21ClN2O3S. The van der Waals surface area contributed by atoms with Crippen LogP contribution >= 0.6 is 11.6 Å². The number of benzene rings is 2. The summed E-state index contributed by atoms with van der Waals surface area (Å²) in [5.74, 6) is -0.239. The molecule has 0 saturated carbocycles. The molecule has 0 atom stereocenters. The fourth-order valence-electron chi connectivity index (χ4n) is 2.27. The third kappa shape index (κ3) is 6.16. The zero-order valence-electron chi connectivity index (χ0n) is 14.2. The SMILES string of the molecule is Cc1ccc(NC(=O)CCN(Cc2ccccc2Cl)S(C)(=O)=O)cc1. The van der Waals surface area contributed by atoms with Crippen LogP contribution in [-0.2, 0) is 21.4 Å². The number of nitrogens with zero attached hydrogens (tertiary/aromatic N) is 1. The van der Waals surface area contributed by atoms with Crippen molar-refractivity contribution in [2.45, 2.75) is 19.9 Å². The van der Waals surface area contributed by atoms with Crippen LogP contribution < -0.4 is 5.32 Å². The van der Waals surface area contributed by atoms with Crippen molar-refractivity contribution in [1.29, 1.82) is 0 Å². The lowest BCUT2D eigenvalue weighted by Crippen LogP contribution is -2.32. The van der Waals surface area contributed by atoms with Crippen LogP contribution in [-0.4, -0.2) is 31.4 Å². The third-order valence-corrected chi connectivity index (χ3v) is 5.32. The van der Waals surface area contributed by atoms with Gasteiger partial charge in [0.1, 0.15) is 0 Å². The number of hydrogen-bond donors (Lipinski definition) is 1. The molecule has 0 aliphatic rings. The topological polar surface area (TPSA) is 66.5 Å². The molecule has 0 aromatic heterocycles. The molecule has 2 rings (SSSR count). The maximum atomic E-state index is 12.1. The van der Waals surface area contributed by atoms with Crippen molar-refractivity contribution >= 4 is 33.2 Å². The summed E-state index contributed by atoms with van der Waals surface area (Å²) in [6, 6.07) is 14.5. The van der Waals surface area contributed by atoms with Gasteiger partial charge in [-0.1, -0.05) is 47.5 Å². The van der Waals surface area contributed by atoms with Gasteiger partial charge in [-0.25, -0.2) is 8.42 Å². The van der Waals surface area contributed by atoms with Crippen LogP contribution in [0.25, 0.3) is 0 Å². The van der Waals surface area contributed by atoms with Gasteiger partial charge in [0.15, 0.2) is 0 Å². The minimum absolute atomic E-state index is 0.0609. The molecule has 25 heavy (non-hydrogen) atoms. The molecule has 0 spiro atoms. The Morgan fingerprint density at radius 3 is 2.36 bits per heavy atom. The lowest BCUT2D eigenvalue weighted by molar-refractivity contribution is -0.116. The molecule has 0 aliphatic carbocycles. The molecule has 2 aromatic rings. The van der Waals surface area contributed by atoms with Gasteiger partial charge in [-0.3, -0.25) is 4.79 Å². The number of sulfonamides is 1. The molecule has 0 unspecified atom stereocenters. The Morgan fingerprint density at radius 2 is 1.76 bits per heavy atom. The molecule has 2 aromatic carbocycles. The Morgan fingerprint density at radius 1 is 1.12 bits per heavy atom. The van der Waals surface area contributed by atoms with E-state index in [0.717, 1.165) is 11.8 Å². The highest BCUT2D eigenvalue weighted by atomic mass is 35.5. The Bertz CT molecular complexity index is 836. The third-order valence-electron chi connectivity index (χ3n) is 3.70. The number of hydrogen-bond acceptors (Lipinski definition) is 3. The average molecular weight is 381 g/mol. The largest absolute Gasteiger partial charge is 0.326 e. The molecule has 7 heteroatoms. The van der Waals surface area contributed by atoms with E-state index < -0.39 is 10.0 Å². The maximum Gasteiger partial charge on any atom is 0.225 e. The summed E-state index contributed by atoms with van der Waals surface area (Å²) in [5.41, 5.74) is 2.49. The van der Waals surface area contributed by atoms with E-state index in [1.54, 1.807) is 24.3 Å². The summed E-state index contributed by atoms with van der Waals surface area (Å²) < 4.78 is 25.3. The normalized spacial score (nSPS) is 11.5. The number of anilines is 1. The molecule has 134 valence electrons. The van der Waals surface area contributed by atoms with Crippen LogP contribution in [0.15, 0.2) is 48.5 Å². The van der Waals surface area contributed by atoms with E-state index in [1.807, 2.05) is 31.2 Å². The van der Waals surface area contributed by atoms with Crippen molar-refractivity contribution < 1.29 is 13.2 Å². The van der Waals surface area contributed by atoms with Gasteiger partial charge >= 0.3 is 0 Å². The van der Waals surface area contributed by atoms with E-state index in [2.05, 4.69) is 5.32 Å². The van der Waals surface area contributed by atoms with Gasteiger partial charge in [0, 0.05) is 30.2 Å². The molecule has 0 radical (unpaired) electrons. The molecule has 5 nitrogen and oxygen atoms in total. The molecule has 0 fully saturated rings. The second-order valence-electron chi connectivity index (χ2n) is 5.85. The summed E-state index contributed by atoms with van der Waals surface area (Å²) in [6.07, 6.45) is 1.19. The number of halogens is 1. The van der Waals surface area contributed by atoms with Crippen molar-refractivity contribution in [3.63, 3.8) is 0 Å². The second kappa shape index (κ2) is 8.47. The molecule has 0 aliphatic heterocycles. The van der Waals surface area contributed by atoms with Crippen LogP contribution in [0, 0.1) is 6.92 Å². The molecule has 1 N–H and O–H groups in total. The maximum absolute atomic E-state index is 12.1. The minimum atomic E-state index is -3.46. The molecule has 1 amide bonds. The summed E-state index contributed by atoms with van der Waals surface area (Å²) >= 11 is 6.10. The van der Waals surface area contributed by atoms with Crippen LogP contribution in [0.2, 0.25) is 5.02 Å². The molecule has 0 heterocycles. The first-order chi connectivity index (χ1) is 11.8. The number of carbonyl (C=O) groups excluding carboxylic acids is 1. The zero-order chi connectivity index (χ0) is 18.4. The predicted octanol–water partition coefficient (Wildman–Crippen LogP) is 3.44. The van der Waals surface area contributed by atoms with E-state index in [1.165, 1.54) is 4.31 Å². The number of amides is 1. The Balaban J connectivity index is 1.99. The minimum Gasteiger partial charge on any atom is -0.326 e. The predicted molar refractivity (Wildman–Crippen MR) is 101 cm³/mol. The first-order valence-corrected chi connectivity index (χ1v) is 10.0. The Hall–Kier alpha value is -1.89. The van der Waals surface area contributed by atoms with Crippen molar-refractivity contribution in [2.24, 2.45) is 0 Å². The number of nitrogens with one attached hydrogen (secondary N) is 1. The van der Waals surface area contributed by atoms with Crippen LogP contribution in [0.4, 0.5) is 5.69 Å². The number of aryl methyl sites for hydroxylation is 1. The highest BCUT2D eigenvalue weighted by Crippen LogP contribution is 2.18. The van der Waals surface area contributed by atoms with E-state index >= 15 is 0 Å². The van der Waals surface area contributed by atoms with E-state index in [-0.39, 0.29) is 25.4 Å². The standard InChI is InChI=1S/C18H21ClN2O3S/c1-14-7-9-16(10-8-14)20-18(22)11-12-21(25(2,23)24)13-15-5-3-4-6-17(15)19/h3-10H,11-13H2,1-2H3,(H,20,22). The van der Waals surface area contributed by atoms with Gasteiger partial charge in [-0.2, -0.15) is 4.31 Å². The van der Waals surface area contributed by atoms with E-state index in [0.29, 0.717) is 16.3 Å². The lowest BCUT2D eigenvalue weighted by atomic mass is 10.2. The van der Waals surface area contributed by atoms with Crippen LogP contribution in [0.5, 0.6) is 0 Å². The van der Waals surface area contributed by atoms with E-state index in [9.17, 15) is 13.2 Å². The fraction of sp³-hybridized carbons (Fsp3) is 0.278. The van der Waals surface area contributed by atoms with Crippen molar-refractivity contribution in [3.05, 3.63) is 64.7 Å². The Kier molecular flexibility index (Phi) is 6.58. The van der Waals surface area contributed by atoms with Gasteiger partial charge in [0.2, 0.25) is 15.9 Å². The quantitative estimate of drug-likeness (QED) is 0.800. The fourth-order valence-corrected chi connectivity index (χ4v) is 3.26. The number of rotatable bonds is 7. The first kappa shape index (κ1) is 19.4. The van der Waals surface area contributed by atoms with Gasteiger partial charge in [-0.05, 0) is 30.7 Å². The summed E-state index contributed by atoms with van der Waals surface area (Å²) in [5, 5.41) is 3.26. The van der Waals surface area contributed by atoms with Crippen molar-refractivity contribution in [1.82, 2.24) is 4.31 Å². The smallest absolute Gasteiger partial charge is 0.225 e. The van der Waals surface area contributed by atoms with Crippen LogP contribution in [0.3, 0.4) is 0 Å². The van der Waals surface area contributed by atoms with Gasteiger partial charge in [0.05, 0.1) is 6.26 Å². The van der Waals surface area contributed by atoms with E-state index in [4.69, 9.17) is 11.6 Å². The summed E-state index contributed by atoms with van der Waals surface area (Å²) in [4.78, 5) is 12.1. The molecular weight excluding hydrogens is 360 g/mol. The molecule has 0 bridgehead atoms. The summed E-state index contributed by atoms with van der Waals surface area (Å²) in [6.45, 7) is 2.18. The first-order valence-electron chi connectivity index (χ1n) is 7.81. The highest BCUT2D eigenvalue weighted by Gasteiger charge is 2.19. The van der Waals surface area contributed by atoms with Crippen molar-refractivity contribution in [2.75, 3.05) is 18.1 Å². The monoisotopic (exact) mass is 380 g/mol. The summed E-state index contributed by atoms with van der Waals surface area (Å²) in [7, 11) is -3.46. The van der Waals surface area contributed by atoms with Gasteiger partial charge < -0.3 is 5.32 Å². The van der Waals surface area contributed by atoms with Gasteiger partial charge in [-0.15, -0.1) is 0 Å². The van der Waals surface area contributed by atoms with Gasteiger partial charge in [0.25, 0.3) is 0 Å². The number of carbonyl (C=O) groups is 1. The average Bonchev–Trinajstić information content (AvgIpc) is 2.54. The zero-order valence-corrected chi connectivity index (χ0v) is 15.8.